The van der Waals surface area contributed by atoms with Crippen molar-refractivity contribution >= 4 is 6.29 Å². The third-order valence-electron chi connectivity index (χ3n) is 4.30. The van der Waals surface area contributed by atoms with Crippen LogP contribution >= 0.6 is 0 Å². The molecule has 0 radical (unpaired) electrons. The van der Waals surface area contributed by atoms with Gasteiger partial charge in [-0.3, -0.25) is 0 Å². The first-order valence-electron chi connectivity index (χ1n) is 5.83. The fourth-order valence-electron chi connectivity index (χ4n) is 3.27. The minimum atomic E-state index is -0.0412. The van der Waals surface area contributed by atoms with Gasteiger partial charge in [-0.05, 0) is 37.5 Å². The standard InChI is InChI=1S/C12H20O2/c1-10-4-2-6-12(10,9-13)11-5-3-7-14-8-11/h9-11H,2-8H2,1H3. The molecule has 3 unspecified atom stereocenters. The topological polar surface area (TPSA) is 26.3 Å². The van der Waals surface area contributed by atoms with Gasteiger partial charge in [-0.2, -0.15) is 0 Å². The summed E-state index contributed by atoms with van der Waals surface area (Å²) in [6.07, 6.45) is 7.08. The minimum Gasteiger partial charge on any atom is -0.381 e. The molecule has 2 nitrogen and oxygen atoms in total. The number of carbonyl (C=O) groups excluding carboxylic acids is 1. The third-order valence-corrected chi connectivity index (χ3v) is 4.30. The second-order valence-electron chi connectivity index (χ2n) is 4.94. The van der Waals surface area contributed by atoms with Crippen molar-refractivity contribution in [3.05, 3.63) is 0 Å². The molecule has 2 rings (SSSR count). The van der Waals surface area contributed by atoms with E-state index >= 15 is 0 Å². The maximum absolute atomic E-state index is 11.4. The number of hydrogen-bond acceptors (Lipinski definition) is 2. The van der Waals surface area contributed by atoms with Crippen molar-refractivity contribution in [1.29, 1.82) is 0 Å². The van der Waals surface area contributed by atoms with E-state index in [0.29, 0.717) is 11.8 Å². The van der Waals surface area contributed by atoms with Crippen molar-refractivity contribution in [2.24, 2.45) is 17.3 Å². The van der Waals surface area contributed by atoms with Crippen molar-refractivity contribution in [3.63, 3.8) is 0 Å². The molecule has 1 saturated carbocycles. The Morgan fingerprint density at radius 3 is 2.71 bits per heavy atom. The first-order chi connectivity index (χ1) is 6.79. The van der Waals surface area contributed by atoms with E-state index in [-0.39, 0.29) is 5.41 Å². The average molecular weight is 196 g/mol. The van der Waals surface area contributed by atoms with Gasteiger partial charge in [0, 0.05) is 12.0 Å². The summed E-state index contributed by atoms with van der Waals surface area (Å²) >= 11 is 0. The molecule has 2 aliphatic rings. The molecule has 0 aromatic carbocycles. The van der Waals surface area contributed by atoms with Crippen LogP contribution in [0.4, 0.5) is 0 Å². The summed E-state index contributed by atoms with van der Waals surface area (Å²) in [6.45, 7) is 3.93. The molecule has 0 aromatic rings. The molecule has 2 fully saturated rings. The van der Waals surface area contributed by atoms with Crippen molar-refractivity contribution in [3.8, 4) is 0 Å². The summed E-state index contributed by atoms with van der Waals surface area (Å²) in [4.78, 5) is 11.4. The van der Waals surface area contributed by atoms with Gasteiger partial charge in [-0.25, -0.2) is 0 Å². The molecule has 0 spiro atoms. The highest BCUT2D eigenvalue weighted by Crippen LogP contribution is 2.49. The Morgan fingerprint density at radius 2 is 2.21 bits per heavy atom. The van der Waals surface area contributed by atoms with Crippen molar-refractivity contribution in [2.75, 3.05) is 13.2 Å². The summed E-state index contributed by atoms with van der Waals surface area (Å²) in [5.74, 6) is 1.05. The lowest BCUT2D eigenvalue weighted by atomic mass is 9.68. The first-order valence-corrected chi connectivity index (χ1v) is 5.83. The Kier molecular flexibility index (Phi) is 2.91. The molecule has 14 heavy (non-hydrogen) atoms. The summed E-state index contributed by atoms with van der Waals surface area (Å²) in [7, 11) is 0. The van der Waals surface area contributed by atoms with Gasteiger partial charge in [0.15, 0.2) is 0 Å². The van der Waals surface area contributed by atoms with E-state index in [2.05, 4.69) is 6.92 Å². The number of rotatable bonds is 2. The van der Waals surface area contributed by atoms with E-state index in [1.165, 1.54) is 25.5 Å². The van der Waals surface area contributed by atoms with Crippen LogP contribution in [0, 0.1) is 17.3 Å². The molecule has 80 valence electrons. The van der Waals surface area contributed by atoms with E-state index in [9.17, 15) is 4.79 Å². The smallest absolute Gasteiger partial charge is 0.126 e. The highest BCUT2D eigenvalue weighted by molar-refractivity contribution is 5.61. The molecule has 1 heterocycles. The second kappa shape index (κ2) is 4.01. The van der Waals surface area contributed by atoms with E-state index < -0.39 is 0 Å². The highest BCUT2D eigenvalue weighted by atomic mass is 16.5. The molecule has 0 aromatic heterocycles. The summed E-state index contributed by atoms with van der Waals surface area (Å²) in [6, 6.07) is 0. The van der Waals surface area contributed by atoms with Crippen LogP contribution in [0.25, 0.3) is 0 Å². The van der Waals surface area contributed by atoms with Gasteiger partial charge in [0.1, 0.15) is 6.29 Å². The summed E-state index contributed by atoms with van der Waals surface area (Å²) in [5.41, 5.74) is -0.0412. The predicted octanol–water partition coefficient (Wildman–Crippen LogP) is 2.42. The average Bonchev–Trinajstić information content (AvgIpc) is 2.62. The van der Waals surface area contributed by atoms with Crippen LogP contribution in [0.1, 0.15) is 39.0 Å². The van der Waals surface area contributed by atoms with E-state index in [4.69, 9.17) is 4.74 Å². The molecule has 2 heteroatoms. The van der Waals surface area contributed by atoms with Gasteiger partial charge in [-0.15, -0.1) is 0 Å². The Labute approximate surface area is 86.0 Å². The van der Waals surface area contributed by atoms with Gasteiger partial charge in [0.25, 0.3) is 0 Å². The first kappa shape index (κ1) is 10.2. The van der Waals surface area contributed by atoms with Crippen molar-refractivity contribution in [1.82, 2.24) is 0 Å². The van der Waals surface area contributed by atoms with Crippen LogP contribution in [0.3, 0.4) is 0 Å². The molecule has 1 aliphatic heterocycles. The van der Waals surface area contributed by atoms with E-state index in [1.807, 2.05) is 0 Å². The zero-order valence-corrected chi connectivity index (χ0v) is 9.00. The molecule has 0 amide bonds. The zero-order chi connectivity index (χ0) is 10.0. The lowest BCUT2D eigenvalue weighted by molar-refractivity contribution is -0.125. The van der Waals surface area contributed by atoms with Crippen LogP contribution in [0.5, 0.6) is 0 Å². The Morgan fingerprint density at radius 1 is 1.36 bits per heavy atom. The third kappa shape index (κ3) is 1.50. The maximum Gasteiger partial charge on any atom is 0.126 e. The maximum atomic E-state index is 11.4. The van der Waals surface area contributed by atoms with Crippen LogP contribution < -0.4 is 0 Å². The van der Waals surface area contributed by atoms with E-state index in [0.717, 1.165) is 26.1 Å². The molecule has 1 saturated heterocycles. The Balaban J connectivity index is 2.13. The molecular weight excluding hydrogens is 176 g/mol. The van der Waals surface area contributed by atoms with Crippen LogP contribution in [0.2, 0.25) is 0 Å². The van der Waals surface area contributed by atoms with E-state index in [1.54, 1.807) is 0 Å². The van der Waals surface area contributed by atoms with Gasteiger partial charge >= 0.3 is 0 Å². The van der Waals surface area contributed by atoms with Crippen LogP contribution in [-0.2, 0) is 9.53 Å². The second-order valence-corrected chi connectivity index (χ2v) is 4.94. The minimum absolute atomic E-state index is 0.0412. The number of hydrogen-bond donors (Lipinski definition) is 0. The Hall–Kier alpha value is -0.370. The van der Waals surface area contributed by atoms with Crippen LogP contribution in [0.15, 0.2) is 0 Å². The highest BCUT2D eigenvalue weighted by Gasteiger charge is 2.46. The van der Waals surface area contributed by atoms with Crippen molar-refractivity contribution < 1.29 is 9.53 Å². The fourth-order valence-corrected chi connectivity index (χ4v) is 3.27. The summed E-state index contributed by atoms with van der Waals surface area (Å²) < 4.78 is 5.51. The zero-order valence-electron chi connectivity index (χ0n) is 9.00. The molecule has 0 bridgehead atoms. The Bertz CT molecular complexity index is 208. The van der Waals surface area contributed by atoms with Gasteiger partial charge in [0.2, 0.25) is 0 Å². The quantitative estimate of drug-likeness (QED) is 0.634. The fraction of sp³-hybridized carbons (Fsp3) is 0.917. The molecule has 3 atom stereocenters. The SMILES string of the molecule is CC1CCCC1(C=O)C1CCCOC1. The molecule has 1 aliphatic carbocycles. The van der Waals surface area contributed by atoms with Gasteiger partial charge in [-0.1, -0.05) is 13.3 Å². The summed E-state index contributed by atoms with van der Waals surface area (Å²) in [5, 5.41) is 0. The lowest BCUT2D eigenvalue weighted by Gasteiger charge is -2.38. The number of aldehydes is 1. The largest absolute Gasteiger partial charge is 0.381 e. The van der Waals surface area contributed by atoms with Gasteiger partial charge < -0.3 is 9.53 Å². The monoisotopic (exact) mass is 196 g/mol. The molecular formula is C12H20O2. The van der Waals surface area contributed by atoms with Crippen molar-refractivity contribution in [2.45, 2.75) is 39.0 Å². The normalized spacial score (nSPS) is 43.8. The molecule has 0 N–H and O–H groups in total. The predicted molar refractivity (Wildman–Crippen MR) is 55.1 cm³/mol. The number of carbonyl (C=O) groups is 1. The number of ether oxygens (including phenoxy) is 1. The van der Waals surface area contributed by atoms with Crippen LogP contribution in [-0.4, -0.2) is 19.5 Å². The van der Waals surface area contributed by atoms with Gasteiger partial charge in [0.05, 0.1) is 6.61 Å². The lowest BCUT2D eigenvalue weighted by Crippen LogP contribution is -2.39.